The van der Waals surface area contributed by atoms with Crippen LogP contribution in [0, 0.1) is 12.7 Å². The molecule has 28 heavy (non-hydrogen) atoms. The number of aryl methyl sites for hydroxylation is 1. The zero-order valence-corrected chi connectivity index (χ0v) is 17.2. The van der Waals surface area contributed by atoms with Crippen molar-refractivity contribution in [3.8, 4) is 0 Å². The lowest BCUT2D eigenvalue weighted by atomic mass is 10.1. The van der Waals surface area contributed by atoms with Gasteiger partial charge in [0.2, 0.25) is 5.91 Å². The van der Waals surface area contributed by atoms with E-state index >= 15 is 0 Å². The third kappa shape index (κ3) is 5.32. The Morgan fingerprint density at radius 1 is 1.32 bits per heavy atom. The number of halogens is 1. The summed E-state index contributed by atoms with van der Waals surface area (Å²) in [5, 5.41) is 8.52. The van der Waals surface area contributed by atoms with E-state index in [9.17, 15) is 9.18 Å². The molecule has 150 valence electrons. The van der Waals surface area contributed by atoms with Crippen LogP contribution in [0.5, 0.6) is 0 Å². The van der Waals surface area contributed by atoms with Crippen molar-refractivity contribution in [2.75, 3.05) is 26.2 Å². The quantitative estimate of drug-likeness (QED) is 0.577. The molecule has 2 heterocycles. The van der Waals surface area contributed by atoms with Gasteiger partial charge in [-0.1, -0.05) is 6.07 Å². The molecule has 2 N–H and O–H groups in total. The molecule has 0 atom stereocenters. The van der Waals surface area contributed by atoms with Crippen LogP contribution in [0.1, 0.15) is 28.5 Å². The van der Waals surface area contributed by atoms with Gasteiger partial charge in [-0.15, -0.1) is 11.3 Å². The lowest BCUT2D eigenvalue weighted by Crippen LogP contribution is -2.41. The fourth-order valence-corrected chi connectivity index (χ4v) is 4.19. The summed E-state index contributed by atoms with van der Waals surface area (Å²) in [5.74, 6) is 0.460. The minimum Gasteiger partial charge on any atom is -0.357 e. The summed E-state index contributed by atoms with van der Waals surface area (Å²) in [5.41, 5.74) is 3.30. The van der Waals surface area contributed by atoms with Gasteiger partial charge in [0.05, 0.1) is 0 Å². The van der Waals surface area contributed by atoms with Crippen LogP contribution in [0.2, 0.25) is 0 Å². The number of thiophene rings is 1. The van der Waals surface area contributed by atoms with Crippen LogP contribution in [0.3, 0.4) is 0 Å². The van der Waals surface area contributed by atoms with Gasteiger partial charge >= 0.3 is 0 Å². The van der Waals surface area contributed by atoms with Crippen molar-refractivity contribution in [3.63, 3.8) is 0 Å². The number of benzene rings is 1. The maximum atomic E-state index is 13.2. The predicted molar refractivity (Wildman–Crippen MR) is 112 cm³/mol. The molecule has 0 saturated carbocycles. The van der Waals surface area contributed by atoms with Crippen LogP contribution >= 0.6 is 11.3 Å². The average Bonchev–Trinajstić information content (AvgIpc) is 3.15. The van der Waals surface area contributed by atoms with Crippen LogP contribution in [0.15, 0.2) is 34.6 Å². The first-order valence-electron chi connectivity index (χ1n) is 9.67. The summed E-state index contributed by atoms with van der Waals surface area (Å²) in [6.45, 7) is 6.85. The van der Waals surface area contributed by atoms with Gasteiger partial charge in [-0.3, -0.25) is 4.79 Å². The lowest BCUT2D eigenvalue weighted by Gasteiger charge is -2.26. The van der Waals surface area contributed by atoms with E-state index in [2.05, 4.69) is 27.1 Å². The molecule has 2 aromatic rings. The molecule has 5 nitrogen and oxygen atoms in total. The van der Waals surface area contributed by atoms with E-state index in [1.54, 1.807) is 17.4 Å². The minimum atomic E-state index is -0.213. The molecule has 0 saturated heterocycles. The molecule has 0 unspecified atom stereocenters. The monoisotopic (exact) mass is 402 g/mol. The summed E-state index contributed by atoms with van der Waals surface area (Å²) >= 11 is 1.77. The SMILES string of the molecule is CCNC(=NCC(=O)N1CCc2sccc2C1)NCCc1ccc(F)cc1C. The standard InChI is InChI=1S/C21H27FN4OS/c1-3-23-21(24-9-6-16-4-5-18(22)12-15(16)2)25-13-20(27)26-10-7-19-17(14-26)8-11-28-19/h4-5,8,11-12H,3,6-7,9-10,13-14H2,1-2H3,(H2,23,24,25). The van der Waals surface area contributed by atoms with Gasteiger partial charge in [-0.05, 0) is 67.0 Å². The summed E-state index contributed by atoms with van der Waals surface area (Å²) in [6.07, 6.45) is 1.69. The number of nitrogens with zero attached hydrogens (tertiary/aromatic N) is 2. The van der Waals surface area contributed by atoms with Gasteiger partial charge in [-0.25, -0.2) is 9.38 Å². The lowest BCUT2D eigenvalue weighted by molar-refractivity contribution is -0.130. The van der Waals surface area contributed by atoms with E-state index in [-0.39, 0.29) is 18.3 Å². The molecule has 0 bridgehead atoms. The highest BCUT2D eigenvalue weighted by molar-refractivity contribution is 7.10. The Morgan fingerprint density at radius 2 is 2.18 bits per heavy atom. The number of fused-ring (bicyclic) bond motifs is 1. The highest BCUT2D eigenvalue weighted by atomic mass is 32.1. The third-order valence-corrected chi connectivity index (χ3v) is 5.89. The Hall–Kier alpha value is -2.41. The van der Waals surface area contributed by atoms with E-state index in [1.165, 1.54) is 16.5 Å². The Morgan fingerprint density at radius 3 is 2.96 bits per heavy atom. The fraction of sp³-hybridized carbons (Fsp3) is 0.429. The normalized spacial score (nSPS) is 14.0. The number of carbonyl (C=O) groups is 1. The smallest absolute Gasteiger partial charge is 0.244 e. The summed E-state index contributed by atoms with van der Waals surface area (Å²) < 4.78 is 13.2. The van der Waals surface area contributed by atoms with Gasteiger partial charge in [0, 0.05) is 31.1 Å². The van der Waals surface area contributed by atoms with E-state index < -0.39 is 0 Å². The van der Waals surface area contributed by atoms with Crippen LogP contribution in [0.25, 0.3) is 0 Å². The minimum absolute atomic E-state index is 0.0448. The first-order chi connectivity index (χ1) is 13.6. The number of rotatable bonds is 6. The van der Waals surface area contributed by atoms with Crippen LogP contribution in [-0.4, -0.2) is 42.9 Å². The van der Waals surface area contributed by atoms with Gasteiger partial charge < -0.3 is 15.5 Å². The fourth-order valence-electron chi connectivity index (χ4n) is 3.31. The molecule has 3 rings (SSSR count). The van der Waals surface area contributed by atoms with E-state index in [4.69, 9.17) is 0 Å². The van der Waals surface area contributed by atoms with Crippen LogP contribution in [-0.2, 0) is 24.2 Å². The van der Waals surface area contributed by atoms with E-state index in [1.807, 2.05) is 24.8 Å². The third-order valence-electron chi connectivity index (χ3n) is 4.87. The molecule has 1 amide bonds. The molecule has 0 spiro atoms. The number of aliphatic imine (C=N–C) groups is 1. The second kappa shape index (κ2) is 9.68. The predicted octanol–water partition coefficient (Wildman–Crippen LogP) is 2.88. The number of hydrogen-bond acceptors (Lipinski definition) is 3. The second-order valence-corrected chi connectivity index (χ2v) is 7.88. The molecule has 1 aromatic heterocycles. The molecule has 7 heteroatoms. The van der Waals surface area contributed by atoms with E-state index in [0.717, 1.165) is 37.1 Å². The number of carbonyl (C=O) groups excluding carboxylic acids is 1. The summed E-state index contributed by atoms with van der Waals surface area (Å²) in [4.78, 5) is 20.3. The molecule has 0 radical (unpaired) electrons. The summed E-state index contributed by atoms with van der Waals surface area (Å²) in [7, 11) is 0. The van der Waals surface area contributed by atoms with Crippen molar-refractivity contribution < 1.29 is 9.18 Å². The first-order valence-corrected chi connectivity index (χ1v) is 10.5. The number of amides is 1. The van der Waals surface area contributed by atoms with Crippen molar-refractivity contribution in [2.45, 2.75) is 33.2 Å². The Balaban J connectivity index is 1.51. The molecular formula is C21H27FN4OS. The highest BCUT2D eigenvalue weighted by Gasteiger charge is 2.21. The van der Waals surface area contributed by atoms with Gasteiger partial charge in [0.1, 0.15) is 12.4 Å². The molecule has 0 fully saturated rings. The average molecular weight is 403 g/mol. The van der Waals surface area contributed by atoms with Crippen molar-refractivity contribution in [1.29, 1.82) is 0 Å². The van der Waals surface area contributed by atoms with Crippen LogP contribution < -0.4 is 10.6 Å². The summed E-state index contributed by atoms with van der Waals surface area (Å²) in [6, 6.07) is 6.95. The Labute approximate surface area is 169 Å². The molecule has 1 aliphatic rings. The topological polar surface area (TPSA) is 56.7 Å². The van der Waals surface area contributed by atoms with Gasteiger partial charge in [-0.2, -0.15) is 0 Å². The van der Waals surface area contributed by atoms with E-state index in [0.29, 0.717) is 19.0 Å². The van der Waals surface area contributed by atoms with Crippen molar-refractivity contribution in [1.82, 2.24) is 15.5 Å². The van der Waals surface area contributed by atoms with Crippen molar-refractivity contribution in [3.05, 3.63) is 57.0 Å². The van der Waals surface area contributed by atoms with Crippen molar-refractivity contribution >= 4 is 23.2 Å². The number of nitrogens with one attached hydrogen (secondary N) is 2. The zero-order chi connectivity index (χ0) is 19.9. The van der Waals surface area contributed by atoms with Gasteiger partial charge in [0.15, 0.2) is 5.96 Å². The van der Waals surface area contributed by atoms with Crippen molar-refractivity contribution in [2.24, 2.45) is 4.99 Å². The maximum Gasteiger partial charge on any atom is 0.244 e. The highest BCUT2D eigenvalue weighted by Crippen LogP contribution is 2.23. The molecule has 1 aromatic carbocycles. The Kier molecular flexibility index (Phi) is 7.03. The van der Waals surface area contributed by atoms with Crippen LogP contribution in [0.4, 0.5) is 4.39 Å². The second-order valence-electron chi connectivity index (χ2n) is 6.88. The molecule has 0 aliphatic carbocycles. The molecular weight excluding hydrogens is 375 g/mol. The first kappa shape index (κ1) is 20.3. The molecule has 1 aliphatic heterocycles. The van der Waals surface area contributed by atoms with Gasteiger partial charge in [0.25, 0.3) is 0 Å². The maximum absolute atomic E-state index is 13.2. The largest absolute Gasteiger partial charge is 0.357 e. The Bertz CT molecular complexity index is 849. The zero-order valence-electron chi connectivity index (χ0n) is 16.4. The number of hydrogen-bond donors (Lipinski definition) is 2. The number of guanidine groups is 1.